The van der Waals surface area contributed by atoms with Crippen molar-refractivity contribution in [1.82, 2.24) is 9.78 Å². The van der Waals surface area contributed by atoms with Crippen molar-refractivity contribution >= 4 is 23.2 Å². The molecule has 1 N–H and O–H groups in total. The lowest BCUT2D eigenvalue weighted by Crippen LogP contribution is -2.18. The quantitative estimate of drug-likeness (QED) is 0.938. The molecular formula is C12H10ClF2N3O. The second-order valence-corrected chi connectivity index (χ2v) is 4.21. The van der Waals surface area contributed by atoms with Crippen LogP contribution >= 0.6 is 11.6 Å². The van der Waals surface area contributed by atoms with Crippen LogP contribution in [0, 0.1) is 6.92 Å². The molecule has 19 heavy (non-hydrogen) atoms. The van der Waals surface area contributed by atoms with Gasteiger partial charge in [-0.2, -0.15) is 18.6 Å². The van der Waals surface area contributed by atoms with Gasteiger partial charge in [0, 0.05) is 16.9 Å². The Morgan fingerprint density at radius 1 is 1.42 bits per heavy atom. The number of alkyl halides is 2. The van der Waals surface area contributed by atoms with E-state index < -0.39 is 12.5 Å². The summed E-state index contributed by atoms with van der Waals surface area (Å²) in [5, 5.41) is 6.42. The number of anilines is 1. The van der Waals surface area contributed by atoms with Crippen molar-refractivity contribution in [2.45, 2.75) is 13.5 Å². The number of rotatable bonds is 3. The van der Waals surface area contributed by atoms with Gasteiger partial charge in [-0.05, 0) is 30.7 Å². The normalized spacial score (nSPS) is 10.8. The Morgan fingerprint density at radius 3 is 2.84 bits per heavy atom. The molecule has 100 valence electrons. The molecule has 7 heteroatoms. The van der Waals surface area contributed by atoms with Crippen LogP contribution in [0.2, 0.25) is 5.02 Å². The van der Waals surface area contributed by atoms with Crippen LogP contribution < -0.4 is 5.32 Å². The summed E-state index contributed by atoms with van der Waals surface area (Å²) in [6.07, 6.45) is 1.14. The maximum atomic E-state index is 12.6. The highest BCUT2D eigenvalue weighted by Gasteiger charge is 2.18. The first-order chi connectivity index (χ1) is 9.00. The van der Waals surface area contributed by atoms with Gasteiger partial charge in [0.05, 0.1) is 0 Å². The van der Waals surface area contributed by atoms with E-state index in [1.807, 2.05) is 0 Å². The van der Waals surface area contributed by atoms with Gasteiger partial charge in [-0.1, -0.05) is 17.7 Å². The molecule has 0 aliphatic carbocycles. The molecule has 0 saturated carbocycles. The predicted octanol–water partition coefficient (Wildman–Crippen LogP) is 3.49. The van der Waals surface area contributed by atoms with E-state index in [-0.39, 0.29) is 5.69 Å². The van der Waals surface area contributed by atoms with E-state index in [1.165, 1.54) is 6.07 Å². The summed E-state index contributed by atoms with van der Waals surface area (Å²) in [5.74, 6) is -0.664. The van der Waals surface area contributed by atoms with Gasteiger partial charge in [0.2, 0.25) is 0 Å². The Hall–Kier alpha value is -1.95. The third kappa shape index (κ3) is 2.73. The highest BCUT2D eigenvalue weighted by molar-refractivity contribution is 6.31. The first-order valence-corrected chi connectivity index (χ1v) is 5.76. The van der Waals surface area contributed by atoms with Crippen LogP contribution in [-0.4, -0.2) is 15.7 Å². The summed E-state index contributed by atoms with van der Waals surface area (Å²) >= 11 is 5.92. The van der Waals surface area contributed by atoms with E-state index in [2.05, 4.69) is 10.4 Å². The fraction of sp³-hybridized carbons (Fsp3) is 0.167. The Kier molecular flexibility index (Phi) is 3.80. The van der Waals surface area contributed by atoms with E-state index in [1.54, 1.807) is 25.1 Å². The van der Waals surface area contributed by atoms with Crippen LogP contribution in [-0.2, 0) is 0 Å². The molecule has 1 heterocycles. The lowest BCUT2D eigenvalue weighted by molar-refractivity contribution is 0.0520. The molecule has 0 spiro atoms. The number of carbonyl (C=O) groups is 1. The SMILES string of the molecule is Cc1c(Cl)cccc1NC(=O)c1ccnn1C(F)F. The van der Waals surface area contributed by atoms with Gasteiger partial charge in [-0.3, -0.25) is 4.79 Å². The van der Waals surface area contributed by atoms with Crippen molar-refractivity contribution in [1.29, 1.82) is 0 Å². The molecule has 0 unspecified atom stereocenters. The van der Waals surface area contributed by atoms with E-state index in [4.69, 9.17) is 11.6 Å². The maximum absolute atomic E-state index is 12.6. The highest BCUT2D eigenvalue weighted by Crippen LogP contribution is 2.23. The molecule has 0 atom stereocenters. The van der Waals surface area contributed by atoms with Crippen LogP contribution in [0.5, 0.6) is 0 Å². The first kappa shape index (κ1) is 13.5. The van der Waals surface area contributed by atoms with Gasteiger partial charge in [0.1, 0.15) is 5.69 Å². The summed E-state index contributed by atoms with van der Waals surface area (Å²) in [5.41, 5.74) is 0.925. The summed E-state index contributed by atoms with van der Waals surface area (Å²) in [6.45, 7) is -1.14. The van der Waals surface area contributed by atoms with Gasteiger partial charge in [-0.15, -0.1) is 0 Å². The van der Waals surface area contributed by atoms with Gasteiger partial charge < -0.3 is 5.32 Å². The van der Waals surface area contributed by atoms with Crippen molar-refractivity contribution in [3.8, 4) is 0 Å². The summed E-state index contributed by atoms with van der Waals surface area (Å²) in [6, 6.07) is 6.20. The van der Waals surface area contributed by atoms with Crippen LogP contribution in [0.15, 0.2) is 30.5 Å². The predicted molar refractivity (Wildman–Crippen MR) is 67.6 cm³/mol. The smallest absolute Gasteiger partial charge is 0.320 e. The molecule has 2 aromatic rings. The average Bonchev–Trinajstić information content (AvgIpc) is 2.84. The minimum absolute atomic E-state index is 0.214. The fourth-order valence-corrected chi connectivity index (χ4v) is 1.75. The van der Waals surface area contributed by atoms with Crippen molar-refractivity contribution in [3.05, 3.63) is 46.7 Å². The van der Waals surface area contributed by atoms with Crippen molar-refractivity contribution in [3.63, 3.8) is 0 Å². The average molecular weight is 286 g/mol. The second-order valence-electron chi connectivity index (χ2n) is 3.81. The summed E-state index contributed by atoms with van der Waals surface area (Å²) < 4.78 is 25.6. The Balaban J connectivity index is 2.26. The van der Waals surface area contributed by atoms with Crippen LogP contribution in [0.3, 0.4) is 0 Å². The molecule has 2 rings (SSSR count). The molecule has 1 aromatic heterocycles. The molecule has 4 nitrogen and oxygen atoms in total. The third-order valence-corrected chi connectivity index (χ3v) is 3.01. The molecule has 0 radical (unpaired) electrons. The molecular weight excluding hydrogens is 276 g/mol. The second kappa shape index (κ2) is 5.36. The van der Waals surface area contributed by atoms with E-state index in [0.717, 1.165) is 6.20 Å². The molecule has 1 aromatic carbocycles. The number of benzene rings is 1. The Bertz CT molecular complexity index is 613. The van der Waals surface area contributed by atoms with E-state index in [9.17, 15) is 13.6 Å². The molecule has 0 saturated heterocycles. The number of carbonyl (C=O) groups excluding carboxylic acids is 1. The Morgan fingerprint density at radius 2 is 2.16 bits per heavy atom. The number of halogens is 3. The molecule has 0 aliphatic heterocycles. The number of nitrogens with zero attached hydrogens (tertiary/aromatic N) is 2. The van der Waals surface area contributed by atoms with E-state index in [0.29, 0.717) is 21.0 Å². The van der Waals surface area contributed by atoms with E-state index >= 15 is 0 Å². The number of nitrogens with one attached hydrogen (secondary N) is 1. The summed E-state index contributed by atoms with van der Waals surface area (Å²) in [4.78, 5) is 11.9. The highest BCUT2D eigenvalue weighted by atomic mass is 35.5. The number of amides is 1. The minimum atomic E-state index is -2.86. The zero-order valence-corrected chi connectivity index (χ0v) is 10.7. The topological polar surface area (TPSA) is 46.9 Å². The van der Waals surface area contributed by atoms with Gasteiger partial charge in [0.25, 0.3) is 5.91 Å². The zero-order valence-electron chi connectivity index (χ0n) is 9.90. The fourth-order valence-electron chi connectivity index (χ4n) is 1.58. The van der Waals surface area contributed by atoms with Crippen LogP contribution in [0.25, 0.3) is 0 Å². The van der Waals surface area contributed by atoms with Gasteiger partial charge in [0.15, 0.2) is 0 Å². The molecule has 1 amide bonds. The zero-order chi connectivity index (χ0) is 14.0. The largest absolute Gasteiger partial charge is 0.333 e. The van der Waals surface area contributed by atoms with Crippen LogP contribution in [0.1, 0.15) is 22.6 Å². The van der Waals surface area contributed by atoms with Crippen molar-refractivity contribution in [2.75, 3.05) is 5.32 Å². The lowest BCUT2D eigenvalue weighted by Gasteiger charge is -2.10. The van der Waals surface area contributed by atoms with Gasteiger partial charge >= 0.3 is 6.55 Å². The Labute approximate surface area is 113 Å². The van der Waals surface area contributed by atoms with Crippen molar-refractivity contribution in [2.24, 2.45) is 0 Å². The van der Waals surface area contributed by atoms with Gasteiger partial charge in [-0.25, -0.2) is 0 Å². The lowest BCUT2D eigenvalue weighted by atomic mass is 10.2. The third-order valence-electron chi connectivity index (χ3n) is 2.60. The number of hydrogen-bond donors (Lipinski definition) is 1. The molecule has 0 bridgehead atoms. The summed E-state index contributed by atoms with van der Waals surface area (Å²) in [7, 11) is 0. The van der Waals surface area contributed by atoms with Crippen molar-refractivity contribution < 1.29 is 13.6 Å². The minimum Gasteiger partial charge on any atom is -0.320 e. The number of aromatic nitrogens is 2. The maximum Gasteiger partial charge on any atom is 0.333 e. The van der Waals surface area contributed by atoms with Crippen LogP contribution in [0.4, 0.5) is 14.5 Å². The monoisotopic (exact) mass is 285 g/mol. The number of hydrogen-bond acceptors (Lipinski definition) is 2. The molecule has 0 aliphatic rings. The first-order valence-electron chi connectivity index (χ1n) is 5.39. The molecule has 0 fully saturated rings. The standard InChI is InChI=1S/C12H10ClF2N3O/c1-7-8(13)3-2-4-9(7)17-11(19)10-5-6-16-18(10)12(14)15/h2-6,12H,1H3,(H,17,19).